The monoisotopic (exact) mass is 550 g/mol. The maximum Gasteiger partial charge on any atom is 0.313 e. The summed E-state index contributed by atoms with van der Waals surface area (Å²) in [7, 11) is 1.36. The van der Waals surface area contributed by atoms with Gasteiger partial charge >= 0.3 is 11.9 Å². The SMILES string of the molecule is CCC1(OC(=O)C2C(CI)OC(CI)C2C(=O)OC)CCCC1. The van der Waals surface area contributed by atoms with Gasteiger partial charge in [0.25, 0.3) is 0 Å². The van der Waals surface area contributed by atoms with E-state index >= 15 is 0 Å². The van der Waals surface area contributed by atoms with Gasteiger partial charge in [-0.3, -0.25) is 9.59 Å². The van der Waals surface area contributed by atoms with Gasteiger partial charge in [0.1, 0.15) is 5.60 Å². The molecule has 4 unspecified atom stereocenters. The highest BCUT2D eigenvalue weighted by atomic mass is 127. The van der Waals surface area contributed by atoms with Gasteiger partial charge < -0.3 is 14.2 Å². The number of rotatable bonds is 6. The number of halogens is 2. The fourth-order valence-corrected chi connectivity index (χ4v) is 5.19. The molecule has 0 spiro atoms. The van der Waals surface area contributed by atoms with E-state index < -0.39 is 11.8 Å². The van der Waals surface area contributed by atoms with Crippen LogP contribution < -0.4 is 0 Å². The van der Waals surface area contributed by atoms with Gasteiger partial charge in [-0.25, -0.2) is 0 Å². The number of hydrogen-bond acceptors (Lipinski definition) is 5. The number of esters is 2. The quantitative estimate of drug-likeness (QED) is 0.289. The van der Waals surface area contributed by atoms with Crippen LogP contribution in [-0.2, 0) is 23.8 Å². The fourth-order valence-electron chi connectivity index (χ4n) is 3.68. The minimum absolute atomic E-state index is 0.290. The summed E-state index contributed by atoms with van der Waals surface area (Å²) in [6.07, 6.45) is 4.25. The van der Waals surface area contributed by atoms with E-state index in [9.17, 15) is 9.59 Å². The Hall–Kier alpha value is 0.360. The molecule has 2 aliphatic rings. The van der Waals surface area contributed by atoms with Crippen LogP contribution in [0.25, 0.3) is 0 Å². The summed E-state index contributed by atoms with van der Waals surface area (Å²) >= 11 is 4.39. The average Bonchev–Trinajstić information content (AvgIpc) is 3.18. The lowest BCUT2D eigenvalue weighted by Gasteiger charge is -2.31. The molecule has 1 heterocycles. The van der Waals surface area contributed by atoms with Gasteiger partial charge in [-0.05, 0) is 32.1 Å². The Balaban J connectivity index is 2.21. The molecule has 0 bridgehead atoms. The molecule has 1 saturated carbocycles. The number of ether oxygens (including phenoxy) is 3. The van der Waals surface area contributed by atoms with Gasteiger partial charge in [0.05, 0.1) is 31.2 Å². The van der Waals surface area contributed by atoms with Crippen LogP contribution >= 0.6 is 45.2 Å². The third kappa shape index (κ3) is 4.13. The first kappa shape index (κ1) is 19.7. The van der Waals surface area contributed by atoms with Crippen LogP contribution in [0.3, 0.4) is 0 Å². The van der Waals surface area contributed by atoms with Crippen molar-refractivity contribution in [2.24, 2.45) is 11.8 Å². The van der Waals surface area contributed by atoms with Crippen molar-refractivity contribution in [3.63, 3.8) is 0 Å². The summed E-state index contributed by atoms with van der Waals surface area (Å²) in [5.41, 5.74) is -0.351. The number of carbonyl (C=O) groups excluding carboxylic acids is 2. The predicted octanol–water partition coefficient (Wildman–Crippen LogP) is 3.30. The second kappa shape index (κ2) is 8.64. The van der Waals surface area contributed by atoms with E-state index in [0.717, 1.165) is 32.1 Å². The zero-order valence-electron chi connectivity index (χ0n) is 13.6. The van der Waals surface area contributed by atoms with Gasteiger partial charge in [0.2, 0.25) is 0 Å². The number of alkyl halides is 2. The van der Waals surface area contributed by atoms with Crippen molar-refractivity contribution in [3.05, 3.63) is 0 Å². The molecule has 23 heavy (non-hydrogen) atoms. The molecule has 0 radical (unpaired) electrons. The summed E-state index contributed by atoms with van der Waals surface area (Å²) in [5, 5.41) is 0. The Kier molecular flexibility index (Phi) is 7.39. The van der Waals surface area contributed by atoms with Crippen molar-refractivity contribution in [2.75, 3.05) is 16.0 Å². The Morgan fingerprint density at radius 1 is 1.09 bits per heavy atom. The molecule has 7 heteroatoms. The smallest absolute Gasteiger partial charge is 0.313 e. The van der Waals surface area contributed by atoms with E-state index in [1.165, 1.54) is 7.11 Å². The molecular weight excluding hydrogens is 526 g/mol. The number of methoxy groups -OCH3 is 1. The van der Waals surface area contributed by atoms with Crippen molar-refractivity contribution in [1.29, 1.82) is 0 Å². The molecule has 2 fully saturated rings. The second-order valence-corrected chi connectivity index (χ2v) is 8.02. The highest BCUT2D eigenvalue weighted by Gasteiger charge is 2.53. The lowest BCUT2D eigenvalue weighted by molar-refractivity contribution is -0.170. The van der Waals surface area contributed by atoms with Crippen molar-refractivity contribution in [1.82, 2.24) is 0 Å². The van der Waals surface area contributed by atoms with E-state index in [-0.39, 0.29) is 29.7 Å². The van der Waals surface area contributed by atoms with E-state index in [1.54, 1.807) is 0 Å². The highest BCUT2D eigenvalue weighted by Crippen LogP contribution is 2.41. The molecule has 0 amide bonds. The van der Waals surface area contributed by atoms with Crippen LogP contribution in [0.2, 0.25) is 0 Å². The van der Waals surface area contributed by atoms with Crippen LogP contribution in [0.4, 0.5) is 0 Å². The molecule has 0 aromatic heterocycles. The fraction of sp³-hybridized carbons (Fsp3) is 0.875. The molecule has 5 nitrogen and oxygen atoms in total. The highest BCUT2D eigenvalue weighted by molar-refractivity contribution is 14.1. The van der Waals surface area contributed by atoms with Gasteiger partial charge in [0.15, 0.2) is 0 Å². The molecule has 0 N–H and O–H groups in total. The Morgan fingerprint density at radius 2 is 1.61 bits per heavy atom. The molecule has 4 atom stereocenters. The lowest BCUT2D eigenvalue weighted by atomic mass is 9.87. The Bertz CT molecular complexity index is 436. The third-order valence-electron chi connectivity index (χ3n) is 5.06. The average molecular weight is 550 g/mol. The number of hydrogen-bond donors (Lipinski definition) is 0. The normalized spacial score (nSPS) is 32.7. The number of carbonyl (C=O) groups is 2. The van der Waals surface area contributed by atoms with Crippen LogP contribution in [-0.4, -0.2) is 45.7 Å². The molecule has 132 valence electrons. The van der Waals surface area contributed by atoms with E-state index in [0.29, 0.717) is 8.86 Å². The molecule has 0 aromatic carbocycles. The van der Waals surface area contributed by atoms with Crippen molar-refractivity contribution in [2.45, 2.75) is 56.8 Å². The topological polar surface area (TPSA) is 61.8 Å². The van der Waals surface area contributed by atoms with E-state index in [2.05, 4.69) is 52.1 Å². The molecule has 1 saturated heterocycles. The van der Waals surface area contributed by atoms with Crippen molar-refractivity contribution >= 4 is 57.1 Å². The van der Waals surface area contributed by atoms with Crippen LogP contribution in [0.5, 0.6) is 0 Å². The van der Waals surface area contributed by atoms with Gasteiger partial charge in [-0.1, -0.05) is 52.1 Å². The summed E-state index contributed by atoms with van der Waals surface area (Å²) in [6.45, 7) is 2.06. The first-order valence-corrected chi connectivity index (χ1v) is 11.1. The molecule has 1 aliphatic carbocycles. The van der Waals surface area contributed by atoms with Crippen LogP contribution in [0.1, 0.15) is 39.0 Å². The van der Waals surface area contributed by atoms with Gasteiger partial charge in [-0.15, -0.1) is 0 Å². The Labute approximate surface area is 164 Å². The largest absolute Gasteiger partial charge is 0.469 e. The summed E-state index contributed by atoms with van der Waals surface area (Å²) in [4.78, 5) is 25.1. The first-order valence-electron chi connectivity index (χ1n) is 8.10. The standard InChI is InChI=1S/C16H24I2O5/c1-3-16(6-4-5-7-16)23-15(20)13-11(9-18)22-10(8-17)12(13)14(19)21-2/h10-13H,3-9H2,1-2H3. The van der Waals surface area contributed by atoms with Crippen molar-refractivity contribution < 1.29 is 23.8 Å². The Morgan fingerprint density at radius 3 is 2.04 bits per heavy atom. The summed E-state index contributed by atoms with van der Waals surface area (Å²) < 4.78 is 18.1. The lowest BCUT2D eigenvalue weighted by Crippen LogP contribution is -2.42. The zero-order valence-corrected chi connectivity index (χ0v) is 17.9. The molecule has 1 aliphatic heterocycles. The molecule has 2 rings (SSSR count). The van der Waals surface area contributed by atoms with Crippen molar-refractivity contribution in [3.8, 4) is 0 Å². The van der Waals surface area contributed by atoms with E-state index in [1.807, 2.05) is 0 Å². The first-order chi connectivity index (χ1) is 11.0. The summed E-state index contributed by atoms with van der Waals surface area (Å²) in [5.74, 6) is -1.81. The summed E-state index contributed by atoms with van der Waals surface area (Å²) in [6, 6.07) is 0. The third-order valence-corrected chi connectivity index (χ3v) is 6.80. The minimum atomic E-state index is -0.570. The van der Waals surface area contributed by atoms with E-state index in [4.69, 9.17) is 14.2 Å². The maximum absolute atomic E-state index is 12.9. The second-order valence-electron chi connectivity index (χ2n) is 6.26. The van der Waals surface area contributed by atoms with Gasteiger partial charge in [0, 0.05) is 8.86 Å². The predicted molar refractivity (Wildman–Crippen MR) is 103 cm³/mol. The molecular formula is C16H24I2O5. The van der Waals surface area contributed by atoms with Gasteiger partial charge in [-0.2, -0.15) is 0 Å². The van der Waals surface area contributed by atoms with Crippen LogP contribution in [0.15, 0.2) is 0 Å². The maximum atomic E-state index is 12.9. The van der Waals surface area contributed by atoms with Crippen LogP contribution in [0, 0.1) is 11.8 Å². The minimum Gasteiger partial charge on any atom is -0.469 e. The zero-order chi connectivity index (χ0) is 17.0. The molecule has 0 aromatic rings.